The average Bonchev–Trinajstić information content (AvgIpc) is 3.33. The second-order valence-corrected chi connectivity index (χ2v) is 7.10. The van der Waals surface area contributed by atoms with Gasteiger partial charge in [-0.3, -0.25) is 19.8 Å². The Morgan fingerprint density at radius 3 is 2.67 bits per heavy atom. The maximum Gasteiger partial charge on any atom is 0.410 e. The molecule has 1 saturated heterocycles. The second-order valence-electron chi connectivity index (χ2n) is 6.43. The van der Waals surface area contributed by atoms with Gasteiger partial charge in [-0.15, -0.1) is 0 Å². The van der Waals surface area contributed by atoms with E-state index in [0.717, 1.165) is 0 Å². The smallest absolute Gasteiger partial charge is 0.410 e. The number of benzene rings is 1. The summed E-state index contributed by atoms with van der Waals surface area (Å²) >= 11 is 5.22. The van der Waals surface area contributed by atoms with Crippen molar-refractivity contribution < 1.29 is 29.2 Å². The first-order chi connectivity index (χ1) is 14.2. The number of nitrogens with one attached hydrogen (secondary N) is 2. The van der Waals surface area contributed by atoms with Gasteiger partial charge in [0.25, 0.3) is 5.69 Å². The molecular weight excluding hydrogens is 418 g/mol. The molecule has 1 aromatic carbocycles. The average molecular weight is 434 g/mol. The molecule has 2 amide bonds. The lowest BCUT2D eigenvalue weighted by Gasteiger charge is -2.22. The number of imidazole rings is 1. The summed E-state index contributed by atoms with van der Waals surface area (Å²) in [6, 6.07) is 4.62. The molecule has 12 nitrogen and oxygen atoms in total. The molecule has 2 heterocycles. The lowest BCUT2D eigenvalue weighted by Crippen LogP contribution is -2.43. The van der Waals surface area contributed by atoms with Crippen LogP contribution in [0.3, 0.4) is 0 Å². The number of carbonyl (C=O) groups excluding carboxylic acids is 2. The Morgan fingerprint density at radius 2 is 2.07 bits per heavy atom. The Kier molecular flexibility index (Phi) is 6.20. The van der Waals surface area contributed by atoms with Crippen LogP contribution in [-0.4, -0.2) is 60.7 Å². The number of nitro groups is 1. The Hall–Kier alpha value is -3.61. The highest BCUT2D eigenvalue weighted by Gasteiger charge is 2.39. The fourth-order valence-corrected chi connectivity index (χ4v) is 3.24. The van der Waals surface area contributed by atoms with Gasteiger partial charge >= 0.3 is 12.1 Å². The summed E-state index contributed by atoms with van der Waals surface area (Å²) in [6.45, 7) is -0.00143. The van der Waals surface area contributed by atoms with Gasteiger partial charge in [0.1, 0.15) is 12.6 Å². The molecule has 2 atom stereocenters. The van der Waals surface area contributed by atoms with Crippen molar-refractivity contribution in [3.8, 4) is 0 Å². The van der Waals surface area contributed by atoms with Crippen LogP contribution in [0.2, 0.25) is 0 Å². The number of ether oxygens (including phenoxy) is 1. The predicted octanol–water partition coefficient (Wildman–Crippen LogP) is 1.93. The fourth-order valence-electron chi connectivity index (χ4n) is 2.89. The van der Waals surface area contributed by atoms with E-state index in [0.29, 0.717) is 5.56 Å². The summed E-state index contributed by atoms with van der Waals surface area (Å²) < 4.78 is 5.22. The zero-order valence-electron chi connectivity index (χ0n) is 15.3. The van der Waals surface area contributed by atoms with Crippen LogP contribution < -0.4 is 5.32 Å². The normalized spacial score (nSPS) is 18.1. The van der Waals surface area contributed by atoms with Gasteiger partial charge in [-0.25, -0.2) is 14.6 Å². The number of nitrogens with zero attached hydrogens (tertiary/aromatic N) is 3. The van der Waals surface area contributed by atoms with Gasteiger partial charge in [-0.2, -0.15) is 0 Å². The van der Waals surface area contributed by atoms with Crippen LogP contribution in [0.1, 0.15) is 22.6 Å². The highest BCUT2D eigenvalue weighted by atomic mass is 32.1. The van der Waals surface area contributed by atoms with Crippen molar-refractivity contribution in [1.29, 1.82) is 0 Å². The lowest BCUT2D eigenvalue weighted by molar-refractivity contribution is -0.384. The number of hydrogen-bond acceptors (Lipinski definition) is 7. The number of carboxylic acids is 1. The van der Waals surface area contributed by atoms with Crippen molar-refractivity contribution in [3.63, 3.8) is 0 Å². The highest BCUT2D eigenvalue weighted by Crippen LogP contribution is 2.24. The summed E-state index contributed by atoms with van der Waals surface area (Å²) in [6.07, 6.45) is 0.692. The third kappa shape index (κ3) is 4.86. The van der Waals surface area contributed by atoms with E-state index in [4.69, 9.17) is 22.5 Å². The molecule has 1 fully saturated rings. The maximum absolute atomic E-state index is 12.6. The lowest BCUT2D eigenvalue weighted by atomic mass is 10.2. The SMILES string of the molecule is O=C(O)c1nc(NC(=O)[C@@H]2C[C@H]([S])CN2C(=O)OCc2ccc([N+](=O)[O-])cc2)c[nH]1. The molecule has 0 aliphatic carbocycles. The van der Waals surface area contributed by atoms with Crippen molar-refractivity contribution in [3.05, 3.63) is 52.0 Å². The maximum atomic E-state index is 12.6. The third-order valence-electron chi connectivity index (χ3n) is 4.34. The molecule has 0 spiro atoms. The molecule has 0 bridgehead atoms. The van der Waals surface area contributed by atoms with E-state index in [1.165, 1.54) is 35.4 Å². The first kappa shape index (κ1) is 21.1. The van der Waals surface area contributed by atoms with E-state index in [-0.39, 0.29) is 42.2 Å². The van der Waals surface area contributed by atoms with Gasteiger partial charge in [-0.05, 0) is 24.1 Å². The first-order valence-corrected chi connectivity index (χ1v) is 9.14. The molecule has 1 radical (unpaired) electrons. The van der Waals surface area contributed by atoms with E-state index >= 15 is 0 Å². The third-order valence-corrected chi connectivity index (χ3v) is 4.68. The van der Waals surface area contributed by atoms with E-state index in [2.05, 4.69) is 15.3 Å². The topological polar surface area (TPSA) is 168 Å². The standard InChI is InChI=1S/C17H16N5O7S/c23-15(20-13-6-18-14(19-13)16(24)25)12-5-11(30)7-21(12)17(26)29-8-9-1-3-10(4-2-9)22(27)28/h1-4,6,11-12H,5,7-8H2,(H,18,19)(H,20,23)(H,24,25)/t11-,12-/m0/s1. The first-order valence-electron chi connectivity index (χ1n) is 8.66. The second kappa shape index (κ2) is 8.82. The molecule has 1 aliphatic rings. The Bertz CT molecular complexity index is 977. The van der Waals surface area contributed by atoms with Gasteiger partial charge in [0, 0.05) is 30.1 Å². The van der Waals surface area contributed by atoms with Gasteiger partial charge in [-0.1, -0.05) is 12.6 Å². The van der Waals surface area contributed by atoms with Gasteiger partial charge in [0.15, 0.2) is 5.82 Å². The monoisotopic (exact) mass is 434 g/mol. The Labute approximate surface area is 174 Å². The molecule has 157 valence electrons. The summed E-state index contributed by atoms with van der Waals surface area (Å²) in [5.74, 6) is -2.18. The van der Waals surface area contributed by atoms with E-state index < -0.39 is 28.9 Å². The van der Waals surface area contributed by atoms with Crippen LogP contribution in [0.4, 0.5) is 16.3 Å². The molecule has 3 N–H and O–H groups in total. The highest BCUT2D eigenvalue weighted by molar-refractivity contribution is 7.81. The zero-order chi connectivity index (χ0) is 21.8. The summed E-state index contributed by atoms with van der Waals surface area (Å²) in [5.41, 5.74) is 0.460. The molecular formula is C17H16N5O7S. The number of H-pyrrole nitrogens is 1. The van der Waals surface area contributed by atoms with Crippen molar-refractivity contribution >= 4 is 42.1 Å². The number of carboxylic acid groups (broad SMARTS) is 1. The Balaban J connectivity index is 1.61. The number of aromatic nitrogens is 2. The van der Waals surface area contributed by atoms with Crippen molar-refractivity contribution in [1.82, 2.24) is 14.9 Å². The minimum atomic E-state index is -1.28. The van der Waals surface area contributed by atoms with Crippen molar-refractivity contribution in [2.24, 2.45) is 0 Å². The van der Waals surface area contributed by atoms with Gasteiger partial charge < -0.3 is 20.1 Å². The van der Waals surface area contributed by atoms with Crippen LogP contribution in [0.5, 0.6) is 0 Å². The molecule has 0 unspecified atom stereocenters. The van der Waals surface area contributed by atoms with Crippen LogP contribution in [0, 0.1) is 10.1 Å². The van der Waals surface area contributed by atoms with Crippen molar-refractivity contribution in [2.75, 3.05) is 11.9 Å². The largest absolute Gasteiger partial charge is 0.475 e. The molecule has 13 heteroatoms. The molecule has 30 heavy (non-hydrogen) atoms. The number of aromatic amines is 1. The van der Waals surface area contributed by atoms with E-state index in [1.54, 1.807) is 0 Å². The van der Waals surface area contributed by atoms with Crippen LogP contribution in [-0.2, 0) is 16.1 Å². The van der Waals surface area contributed by atoms with E-state index in [1.807, 2.05) is 0 Å². The van der Waals surface area contributed by atoms with E-state index in [9.17, 15) is 24.5 Å². The van der Waals surface area contributed by atoms with Crippen LogP contribution in [0.15, 0.2) is 30.5 Å². The Morgan fingerprint density at radius 1 is 1.37 bits per heavy atom. The minimum absolute atomic E-state index is 0.00409. The number of non-ortho nitro benzene ring substituents is 1. The molecule has 2 aromatic rings. The number of nitro benzene ring substituents is 1. The fraction of sp³-hybridized carbons (Fsp3) is 0.294. The van der Waals surface area contributed by atoms with Crippen molar-refractivity contribution in [2.45, 2.75) is 24.3 Å². The molecule has 3 rings (SSSR count). The number of rotatable bonds is 6. The molecule has 0 saturated carbocycles. The quantitative estimate of drug-likeness (QED) is 0.458. The predicted molar refractivity (Wildman–Crippen MR) is 104 cm³/mol. The van der Waals surface area contributed by atoms with Crippen LogP contribution in [0.25, 0.3) is 0 Å². The minimum Gasteiger partial charge on any atom is -0.475 e. The zero-order valence-corrected chi connectivity index (χ0v) is 16.1. The number of aromatic carboxylic acids is 1. The molecule has 1 aromatic heterocycles. The number of anilines is 1. The van der Waals surface area contributed by atoms with Crippen LogP contribution >= 0.6 is 12.6 Å². The summed E-state index contributed by atoms with van der Waals surface area (Å²) in [4.78, 5) is 53.3. The number of likely N-dealkylation sites (tertiary alicyclic amines) is 1. The summed E-state index contributed by atoms with van der Waals surface area (Å²) in [7, 11) is 0. The number of carbonyl (C=O) groups is 3. The van der Waals surface area contributed by atoms with Gasteiger partial charge in [0.2, 0.25) is 11.7 Å². The number of hydrogen-bond donors (Lipinski definition) is 3. The van der Waals surface area contributed by atoms with Gasteiger partial charge in [0.05, 0.1) is 4.92 Å². The number of amides is 2. The molecule has 1 aliphatic heterocycles. The summed E-state index contributed by atoms with van der Waals surface area (Å²) in [5, 5.41) is 21.6.